The van der Waals surface area contributed by atoms with Crippen molar-refractivity contribution in [2.75, 3.05) is 56.2 Å². The SMILES string of the molecule is C=CNCC/C(NC1CCOCC1)=C(\CC)C(=N)N1CCCc2cc(-c3cc4nccn4cc3CC3CCN(c4ccc(C)c(CN(C=O)C(CCC=O)C(=O)NC)c4)CC3)ccc21.CC(F)F. The number of fused-ring (bicyclic) bond motifs is 2. The number of ether oxygens (including phenoxy) is 1. The summed E-state index contributed by atoms with van der Waals surface area (Å²) >= 11 is 0. The largest absolute Gasteiger partial charge is 0.391 e. The molecule has 5 heterocycles. The summed E-state index contributed by atoms with van der Waals surface area (Å²) in [6, 6.07) is 15.1. The predicted molar refractivity (Wildman–Crippen MR) is 267 cm³/mol. The van der Waals surface area contributed by atoms with Crippen LogP contribution in [-0.2, 0) is 38.5 Å². The van der Waals surface area contributed by atoms with Crippen molar-refractivity contribution >= 4 is 41.5 Å². The number of amides is 2. The molecule has 1 unspecified atom stereocenters. The molecule has 4 aromatic rings. The fourth-order valence-electron chi connectivity index (χ4n) is 9.81. The monoisotopic (exact) mass is 936 g/mol. The first-order valence-corrected chi connectivity index (χ1v) is 24.3. The first kappa shape index (κ1) is 51.3. The Kier molecular flexibility index (Phi) is 19.1. The summed E-state index contributed by atoms with van der Waals surface area (Å²) in [6.45, 7) is 14.1. The number of nitrogens with one attached hydrogen (secondary N) is 4. The number of aryl methyl sites for hydroxylation is 2. The van der Waals surface area contributed by atoms with Crippen LogP contribution in [0, 0.1) is 18.3 Å². The van der Waals surface area contributed by atoms with Crippen LogP contribution in [0.3, 0.4) is 0 Å². The molecule has 2 aromatic carbocycles. The summed E-state index contributed by atoms with van der Waals surface area (Å²) in [7, 11) is 1.55. The number of halogens is 2. The van der Waals surface area contributed by atoms with Crippen LogP contribution >= 0.6 is 0 Å². The molecule has 2 amide bonds. The number of benzene rings is 2. The lowest BCUT2D eigenvalue weighted by molar-refractivity contribution is -0.133. The Morgan fingerprint density at radius 1 is 1.06 bits per heavy atom. The zero-order valence-electron chi connectivity index (χ0n) is 40.4. The number of hydrogen-bond acceptors (Lipinski definition) is 9. The lowest BCUT2D eigenvalue weighted by atomic mass is 9.86. The van der Waals surface area contributed by atoms with E-state index in [9.17, 15) is 28.6 Å². The minimum Gasteiger partial charge on any atom is -0.391 e. The lowest BCUT2D eigenvalue weighted by Crippen LogP contribution is -2.45. The van der Waals surface area contributed by atoms with Gasteiger partial charge in [0.1, 0.15) is 23.8 Å². The quantitative estimate of drug-likeness (QED) is 0.0297. The second-order valence-corrected chi connectivity index (χ2v) is 18.0. The Labute approximate surface area is 400 Å². The van der Waals surface area contributed by atoms with Crippen LogP contribution in [0.4, 0.5) is 20.2 Å². The van der Waals surface area contributed by atoms with Gasteiger partial charge in [0.25, 0.3) is 0 Å². The van der Waals surface area contributed by atoms with Crippen molar-refractivity contribution in [1.29, 1.82) is 5.41 Å². The predicted octanol–water partition coefficient (Wildman–Crippen LogP) is 8.38. The molecule has 2 aromatic heterocycles. The number of alkyl halides is 2. The minimum atomic E-state index is -2.17. The fraction of sp³-hybridized carbons (Fsp3) is 0.491. The molecule has 4 N–H and O–H groups in total. The number of pyridine rings is 1. The van der Waals surface area contributed by atoms with Gasteiger partial charge in [0.2, 0.25) is 18.7 Å². The third kappa shape index (κ3) is 13.3. The van der Waals surface area contributed by atoms with Gasteiger partial charge in [0, 0.05) is 113 Å². The third-order valence-corrected chi connectivity index (χ3v) is 13.5. The van der Waals surface area contributed by atoms with Crippen LogP contribution in [0.1, 0.15) is 93.9 Å². The highest BCUT2D eigenvalue weighted by atomic mass is 19.3. The van der Waals surface area contributed by atoms with Crippen molar-refractivity contribution in [3.8, 4) is 11.1 Å². The Morgan fingerprint density at radius 3 is 2.51 bits per heavy atom. The van der Waals surface area contributed by atoms with E-state index in [1.165, 1.54) is 27.2 Å². The van der Waals surface area contributed by atoms with Gasteiger partial charge in [-0.2, -0.15) is 0 Å². The van der Waals surface area contributed by atoms with Crippen LogP contribution in [0.15, 0.2) is 85.1 Å². The highest BCUT2D eigenvalue weighted by Crippen LogP contribution is 2.37. The zero-order chi connectivity index (χ0) is 48.6. The molecule has 0 saturated carbocycles. The van der Waals surface area contributed by atoms with Crippen LogP contribution in [-0.4, -0.2) is 104 Å². The maximum absolute atomic E-state index is 12.7. The second-order valence-electron chi connectivity index (χ2n) is 18.0. The number of aldehydes is 1. The number of hydrogen-bond donors (Lipinski definition) is 4. The fourth-order valence-corrected chi connectivity index (χ4v) is 9.81. The molecule has 2 saturated heterocycles. The van der Waals surface area contributed by atoms with Gasteiger partial charge in [-0.05, 0) is 147 Å². The van der Waals surface area contributed by atoms with E-state index in [1.807, 2.05) is 19.3 Å². The Hall–Kier alpha value is -6.09. The molecule has 3 aliphatic rings. The highest BCUT2D eigenvalue weighted by Gasteiger charge is 2.28. The Bertz CT molecular complexity index is 2370. The molecule has 0 spiro atoms. The van der Waals surface area contributed by atoms with Crippen molar-refractivity contribution in [3.05, 3.63) is 107 Å². The molecule has 1 atom stereocenters. The number of piperidine rings is 1. The van der Waals surface area contributed by atoms with Gasteiger partial charge in [-0.25, -0.2) is 13.8 Å². The van der Waals surface area contributed by atoms with Crippen molar-refractivity contribution < 1.29 is 27.9 Å². The Balaban J connectivity index is 0.00000183. The maximum atomic E-state index is 12.7. The molecule has 7 rings (SSSR count). The standard InChI is InChI=1S/C51H67N9O4.C2H4F2/c1-5-44(46(15-20-54-6-2)56-42-18-27-64-28-19-42)50(52)60-22-7-9-39-30-38(12-14-47(39)60)45-32-49-55-21-25-58(49)34-41(45)29-37-16-23-57(24-17-37)43-13-11-36(3)40(31-43)33-59(35-62)48(10-8-26-61)51(63)53-4;1-2(3)4/h6,11-14,21,25-26,30-32,34-35,37,42,48,52,54,56H,2,5,7-10,15-20,22-24,27-29,33H2,1,3-4H3,(H,53,63);2H,1H3/b46-44-,52-50?;. The first-order chi connectivity index (χ1) is 33.0. The highest BCUT2D eigenvalue weighted by molar-refractivity contribution is 6.08. The van der Waals surface area contributed by atoms with Crippen molar-refractivity contribution in [2.45, 2.75) is 116 Å². The normalized spacial score (nSPS) is 16.2. The molecule has 68 heavy (non-hydrogen) atoms. The van der Waals surface area contributed by atoms with Gasteiger partial charge in [-0.15, -0.1) is 0 Å². The molecule has 0 radical (unpaired) electrons. The summed E-state index contributed by atoms with van der Waals surface area (Å²) in [5.41, 5.74) is 12.4. The molecule has 0 aliphatic carbocycles. The van der Waals surface area contributed by atoms with E-state index in [0.29, 0.717) is 24.3 Å². The summed E-state index contributed by atoms with van der Waals surface area (Å²) in [4.78, 5) is 46.9. The second kappa shape index (κ2) is 25.3. The Morgan fingerprint density at radius 2 is 1.82 bits per heavy atom. The first-order valence-electron chi connectivity index (χ1n) is 24.3. The van der Waals surface area contributed by atoms with E-state index in [1.54, 1.807) is 13.2 Å². The molecular formula is C53H71F2N9O4. The summed E-state index contributed by atoms with van der Waals surface area (Å²) < 4.78 is 28.4. The number of anilines is 2. The maximum Gasteiger partial charge on any atom is 0.242 e. The summed E-state index contributed by atoms with van der Waals surface area (Å²) in [5, 5.41) is 19.4. The van der Waals surface area contributed by atoms with E-state index in [2.05, 4.69) is 97.3 Å². The molecule has 3 aliphatic heterocycles. The van der Waals surface area contributed by atoms with Gasteiger partial charge >= 0.3 is 0 Å². The van der Waals surface area contributed by atoms with Crippen molar-refractivity contribution in [1.82, 2.24) is 30.2 Å². The van der Waals surface area contributed by atoms with E-state index in [0.717, 1.165) is 156 Å². The van der Waals surface area contributed by atoms with Crippen molar-refractivity contribution in [3.63, 3.8) is 0 Å². The average Bonchev–Trinajstić information content (AvgIpc) is 3.81. The number of rotatable bonds is 20. The van der Waals surface area contributed by atoms with E-state index < -0.39 is 12.5 Å². The van der Waals surface area contributed by atoms with E-state index in [4.69, 9.17) is 4.74 Å². The number of aromatic nitrogens is 2. The lowest BCUT2D eigenvalue weighted by Gasteiger charge is -2.35. The smallest absolute Gasteiger partial charge is 0.242 e. The molecule has 13 nitrogen and oxygen atoms in total. The molecule has 0 bridgehead atoms. The average molecular weight is 936 g/mol. The molecule has 15 heteroatoms. The zero-order valence-corrected chi connectivity index (χ0v) is 40.4. The van der Waals surface area contributed by atoms with Crippen LogP contribution in [0.25, 0.3) is 16.8 Å². The van der Waals surface area contributed by atoms with Crippen LogP contribution < -0.4 is 25.8 Å². The van der Waals surface area contributed by atoms with Gasteiger partial charge in [-0.1, -0.05) is 25.6 Å². The van der Waals surface area contributed by atoms with Crippen LogP contribution in [0.2, 0.25) is 0 Å². The number of nitrogens with zero attached hydrogens (tertiary/aromatic N) is 5. The topological polar surface area (TPSA) is 147 Å². The molecule has 2 fully saturated rings. The number of imidazole rings is 1. The summed E-state index contributed by atoms with van der Waals surface area (Å²) in [6.07, 6.45) is 16.2. The van der Waals surface area contributed by atoms with Gasteiger partial charge < -0.3 is 44.6 Å². The number of carbonyl (C=O) groups excluding carboxylic acids is 3. The number of amidine groups is 1. The molecular weight excluding hydrogens is 865 g/mol. The van der Waals surface area contributed by atoms with Gasteiger partial charge in [0.05, 0.1) is 0 Å². The van der Waals surface area contributed by atoms with Crippen molar-refractivity contribution in [2.24, 2.45) is 5.92 Å². The van der Waals surface area contributed by atoms with Crippen LogP contribution in [0.5, 0.6) is 0 Å². The summed E-state index contributed by atoms with van der Waals surface area (Å²) in [5.74, 6) is 0.808. The van der Waals surface area contributed by atoms with E-state index in [-0.39, 0.29) is 18.7 Å². The number of carbonyl (C=O) groups is 3. The van der Waals surface area contributed by atoms with Gasteiger partial charge in [-0.3, -0.25) is 15.0 Å². The van der Waals surface area contributed by atoms with E-state index >= 15 is 0 Å². The minimum absolute atomic E-state index is 0.205. The number of likely N-dealkylation sites (N-methyl/N-ethyl adjacent to an activating group) is 1. The van der Waals surface area contributed by atoms with Gasteiger partial charge in [0.15, 0.2) is 0 Å². The third-order valence-electron chi connectivity index (χ3n) is 13.5. The molecule has 366 valence electrons.